The molecule has 1 fully saturated rings. The van der Waals surface area contributed by atoms with Gasteiger partial charge in [-0.2, -0.15) is 0 Å². The number of piperidine rings is 1. The molecular formula is C26H33N5O2S. The number of fused-ring (bicyclic) bond motifs is 2. The molecule has 2 aromatic carbocycles. The Labute approximate surface area is 201 Å². The first-order chi connectivity index (χ1) is 16.4. The van der Waals surface area contributed by atoms with Gasteiger partial charge in [-0.1, -0.05) is 31.5 Å². The number of benzene rings is 2. The Morgan fingerprint density at radius 1 is 1.12 bits per heavy atom. The third-order valence-corrected chi connectivity index (χ3v) is 8.70. The Morgan fingerprint density at radius 2 is 1.94 bits per heavy atom. The zero-order chi connectivity index (χ0) is 23.9. The molecule has 1 aliphatic rings. The lowest BCUT2D eigenvalue weighted by Gasteiger charge is -2.35. The predicted molar refractivity (Wildman–Crippen MR) is 136 cm³/mol. The van der Waals surface area contributed by atoms with Crippen LogP contribution in [0.3, 0.4) is 0 Å². The van der Waals surface area contributed by atoms with Gasteiger partial charge in [0.25, 0.3) is 0 Å². The number of imidazole rings is 1. The number of likely N-dealkylation sites (tertiary alicyclic amines) is 1. The van der Waals surface area contributed by atoms with Crippen molar-refractivity contribution >= 4 is 32.0 Å². The number of hydrogen-bond acceptors (Lipinski definition) is 4. The number of nitrogens with zero attached hydrogens (tertiary/aromatic N) is 4. The van der Waals surface area contributed by atoms with Gasteiger partial charge in [-0.15, -0.1) is 0 Å². The number of aromatic nitrogens is 3. The van der Waals surface area contributed by atoms with Crippen LogP contribution < -0.4 is 0 Å². The van der Waals surface area contributed by atoms with Gasteiger partial charge in [-0.3, -0.25) is 4.90 Å². The lowest BCUT2D eigenvalue weighted by molar-refractivity contribution is 0.133. The Kier molecular flexibility index (Phi) is 6.22. The van der Waals surface area contributed by atoms with Crippen molar-refractivity contribution in [3.63, 3.8) is 0 Å². The van der Waals surface area contributed by atoms with Gasteiger partial charge in [0.05, 0.1) is 28.5 Å². The third-order valence-electron chi connectivity index (χ3n) is 6.89. The molecule has 8 heteroatoms. The SMILES string of the molecule is CCCn1c(CN2CCCCC2c2cc3ccccc3[nH]2)nc2cc(S(=O)(=O)N(C)C)ccc21. The Morgan fingerprint density at radius 3 is 2.71 bits per heavy atom. The standard InChI is InChI=1S/C26H33N5O2S/c1-4-14-31-25-13-12-20(34(32,33)29(2)3)17-23(25)28-26(31)18-30-15-8-7-11-24(30)22-16-19-9-5-6-10-21(19)27-22/h5-6,9-10,12-13,16-17,24,27H,4,7-8,11,14-15,18H2,1-3H3. The van der Waals surface area contributed by atoms with Crippen LogP contribution in [0.4, 0.5) is 0 Å². The molecule has 0 spiro atoms. The van der Waals surface area contributed by atoms with Crippen molar-refractivity contribution in [2.24, 2.45) is 0 Å². The fourth-order valence-electron chi connectivity index (χ4n) is 5.11. The van der Waals surface area contributed by atoms with Gasteiger partial charge in [0, 0.05) is 31.9 Å². The smallest absolute Gasteiger partial charge is 0.242 e. The normalized spacial score (nSPS) is 17.8. The van der Waals surface area contributed by atoms with Crippen LogP contribution in [-0.4, -0.2) is 52.8 Å². The van der Waals surface area contributed by atoms with E-state index in [0.717, 1.165) is 49.3 Å². The van der Waals surface area contributed by atoms with Crippen molar-refractivity contribution in [1.82, 2.24) is 23.7 Å². The molecular weight excluding hydrogens is 446 g/mol. The summed E-state index contributed by atoms with van der Waals surface area (Å²) in [5.41, 5.74) is 4.17. The largest absolute Gasteiger partial charge is 0.357 e. The van der Waals surface area contributed by atoms with E-state index >= 15 is 0 Å². The summed E-state index contributed by atoms with van der Waals surface area (Å²) in [5.74, 6) is 0.999. The predicted octanol–water partition coefficient (Wildman–Crippen LogP) is 4.91. The molecule has 1 aliphatic heterocycles. The van der Waals surface area contributed by atoms with Crippen LogP contribution >= 0.6 is 0 Å². The first-order valence-electron chi connectivity index (χ1n) is 12.1. The fraction of sp³-hybridized carbons (Fsp3) is 0.423. The first-order valence-corrected chi connectivity index (χ1v) is 13.6. The van der Waals surface area contributed by atoms with Gasteiger partial charge in [-0.25, -0.2) is 17.7 Å². The second-order valence-corrected chi connectivity index (χ2v) is 11.6. The number of rotatable bonds is 7. The molecule has 34 heavy (non-hydrogen) atoms. The fourth-order valence-corrected chi connectivity index (χ4v) is 6.04. The van der Waals surface area contributed by atoms with E-state index in [9.17, 15) is 8.42 Å². The summed E-state index contributed by atoms with van der Waals surface area (Å²) in [6.07, 6.45) is 4.50. The highest BCUT2D eigenvalue weighted by Crippen LogP contribution is 2.34. The maximum absolute atomic E-state index is 12.7. The van der Waals surface area contributed by atoms with Gasteiger partial charge in [0.1, 0.15) is 5.82 Å². The molecule has 1 atom stereocenters. The average Bonchev–Trinajstić information content (AvgIpc) is 3.40. The van der Waals surface area contributed by atoms with E-state index in [1.54, 1.807) is 26.2 Å². The molecule has 2 aromatic heterocycles. The number of H-pyrrole nitrogens is 1. The molecule has 0 bridgehead atoms. The van der Waals surface area contributed by atoms with Gasteiger partial charge in [0.2, 0.25) is 10.0 Å². The second kappa shape index (κ2) is 9.17. The lowest BCUT2D eigenvalue weighted by atomic mass is 9.99. The molecule has 1 N–H and O–H groups in total. The van der Waals surface area contributed by atoms with Crippen molar-refractivity contribution < 1.29 is 8.42 Å². The van der Waals surface area contributed by atoms with E-state index in [-0.39, 0.29) is 4.90 Å². The number of sulfonamides is 1. The quantitative estimate of drug-likeness (QED) is 0.409. The molecule has 3 heterocycles. The molecule has 180 valence electrons. The second-order valence-electron chi connectivity index (χ2n) is 9.41. The van der Waals surface area contributed by atoms with Crippen LogP contribution in [0.25, 0.3) is 21.9 Å². The molecule has 0 saturated carbocycles. The summed E-state index contributed by atoms with van der Waals surface area (Å²) in [6, 6.07) is 16.4. The monoisotopic (exact) mass is 479 g/mol. The Balaban J connectivity index is 1.51. The average molecular weight is 480 g/mol. The molecule has 4 aromatic rings. The molecule has 1 saturated heterocycles. The number of hydrogen-bond donors (Lipinski definition) is 1. The van der Waals surface area contributed by atoms with Crippen molar-refractivity contribution in [2.45, 2.75) is 56.6 Å². The highest BCUT2D eigenvalue weighted by molar-refractivity contribution is 7.89. The van der Waals surface area contributed by atoms with Gasteiger partial charge in [-0.05, 0) is 61.5 Å². The van der Waals surface area contributed by atoms with Crippen LogP contribution in [-0.2, 0) is 23.1 Å². The topological polar surface area (TPSA) is 74.2 Å². The maximum Gasteiger partial charge on any atom is 0.242 e. The Bertz CT molecular complexity index is 1390. The minimum Gasteiger partial charge on any atom is -0.357 e. The lowest BCUT2D eigenvalue weighted by Crippen LogP contribution is -2.34. The van der Waals surface area contributed by atoms with Crippen molar-refractivity contribution in [1.29, 1.82) is 0 Å². The summed E-state index contributed by atoms with van der Waals surface area (Å²) in [4.78, 5) is 11.4. The molecule has 1 unspecified atom stereocenters. The molecule has 0 amide bonds. The number of aromatic amines is 1. The van der Waals surface area contributed by atoms with E-state index in [0.29, 0.717) is 6.04 Å². The van der Waals surface area contributed by atoms with Crippen molar-refractivity contribution in [2.75, 3.05) is 20.6 Å². The van der Waals surface area contributed by atoms with Crippen LogP contribution in [0.15, 0.2) is 53.4 Å². The Hall–Kier alpha value is -2.68. The van der Waals surface area contributed by atoms with Crippen molar-refractivity contribution in [3.05, 3.63) is 60.0 Å². The van der Waals surface area contributed by atoms with Gasteiger partial charge < -0.3 is 9.55 Å². The van der Waals surface area contributed by atoms with Crippen LogP contribution in [0.2, 0.25) is 0 Å². The third kappa shape index (κ3) is 4.15. The van der Waals surface area contributed by atoms with E-state index in [1.807, 2.05) is 6.07 Å². The molecule has 0 aliphatic carbocycles. The van der Waals surface area contributed by atoms with E-state index in [2.05, 4.69) is 51.7 Å². The van der Waals surface area contributed by atoms with E-state index in [4.69, 9.17) is 4.98 Å². The first kappa shape index (κ1) is 23.1. The summed E-state index contributed by atoms with van der Waals surface area (Å²) >= 11 is 0. The van der Waals surface area contributed by atoms with Gasteiger partial charge in [0.15, 0.2) is 0 Å². The van der Waals surface area contributed by atoms with Crippen molar-refractivity contribution in [3.8, 4) is 0 Å². The van der Waals surface area contributed by atoms with Crippen LogP contribution in [0.1, 0.15) is 50.2 Å². The van der Waals surface area contributed by atoms with E-state index in [1.165, 1.54) is 33.7 Å². The summed E-state index contributed by atoms with van der Waals surface area (Å²) in [6.45, 7) is 4.78. The summed E-state index contributed by atoms with van der Waals surface area (Å²) in [7, 11) is -0.386. The summed E-state index contributed by atoms with van der Waals surface area (Å²) in [5, 5.41) is 1.25. The maximum atomic E-state index is 12.7. The summed E-state index contributed by atoms with van der Waals surface area (Å²) < 4.78 is 28.8. The zero-order valence-electron chi connectivity index (χ0n) is 20.2. The minimum absolute atomic E-state index is 0.284. The van der Waals surface area contributed by atoms with Crippen LogP contribution in [0, 0.1) is 0 Å². The molecule has 0 radical (unpaired) electrons. The number of nitrogens with one attached hydrogen (secondary N) is 1. The molecule has 7 nitrogen and oxygen atoms in total. The molecule has 5 rings (SSSR count). The minimum atomic E-state index is -3.50. The number of para-hydroxylation sites is 1. The highest BCUT2D eigenvalue weighted by atomic mass is 32.2. The highest BCUT2D eigenvalue weighted by Gasteiger charge is 2.27. The zero-order valence-corrected chi connectivity index (χ0v) is 21.0. The number of aryl methyl sites for hydroxylation is 1. The van der Waals surface area contributed by atoms with E-state index < -0.39 is 10.0 Å². The van der Waals surface area contributed by atoms with Crippen LogP contribution in [0.5, 0.6) is 0 Å². The van der Waals surface area contributed by atoms with Gasteiger partial charge >= 0.3 is 0 Å².